The van der Waals surface area contributed by atoms with Gasteiger partial charge in [0.1, 0.15) is 18.2 Å². The standard InChI is InChI=1S/C21H28ClFN4O2/c1-4-16-20(14-7-6-13(28-3)10-15(14)22)25-17(5-2)21(26-16)27-18-11-24-12-19(18)29-9-8-23/h6-7,10,18-19,24H,4-5,8-9,11-12H2,1-3H3,(H,26,27)/t18-,19-/m1/s1. The Hall–Kier alpha value is -1.96. The van der Waals surface area contributed by atoms with Gasteiger partial charge in [-0.2, -0.15) is 0 Å². The summed E-state index contributed by atoms with van der Waals surface area (Å²) in [6, 6.07) is 5.59. The molecule has 1 saturated heterocycles. The van der Waals surface area contributed by atoms with Crippen molar-refractivity contribution in [1.82, 2.24) is 15.3 Å². The highest BCUT2D eigenvalue weighted by Crippen LogP contribution is 2.33. The minimum Gasteiger partial charge on any atom is -0.497 e. The fourth-order valence-electron chi connectivity index (χ4n) is 3.49. The van der Waals surface area contributed by atoms with Crippen LogP contribution in [0.1, 0.15) is 25.2 Å². The van der Waals surface area contributed by atoms with Gasteiger partial charge in [0.2, 0.25) is 0 Å². The summed E-state index contributed by atoms with van der Waals surface area (Å²) in [5.41, 5.74) is 3.35. The van der Waals surface area contributed by atoms with Crippen molar-refractivity contribution in [3.63, 3.8) is 0 Å². The van der Waals surface area contributed by atoms with E-state index in [0.29, 0.717) is 23.7 Å². The molecule has 0 unspecified atom stereocenters. The Morgan fingerprint density at radius 2 is 2.00 bits per heavy atom. The van der Waals surface area contributed by atoms with E-state index in [1.54, 1.807) is 13.2 Å². The van der Waals surface area contributed by atoms with E-state index < -0.39 is 6.67 Å². The number of hydrogen-bond donors (Lipinski definition) is 2. The maximum absolute atomic E-state index is 12.5. The molecule has 0 radical (unpaired) electrons. The van der Waals surface area contributed by atoms with E-state index in [9.17, 15) is 4.39 Å². The number of halogens is 2. The second-order valence-corrected chi connectivity index (χ2v) is 7.28. The molecule has 2 atom stereocenters. The normalized spacial score (nSPS) is 18.8. The Kier molecular flexibility index (Phi) is 7.64. The van der Waals surface area contributed by atoms with Crippen molar-refractivity contribution in [2.45, 2.75) is 38.8 Å². The lowest BCUT2D eigenvalue weighted by Crippen LogP contribution is -2.35. The SMILES string of the molecule is CCc1nc(-c2ccc(OC)cc2Cl)c(CC)nc1N[C@@H]1CNC[C@H]1OCCF. The number of nitrogens with zero attached hydrogens (tertiary/aromatic N) is 2. The van der Waals surface area contributed by atoms with Crippen LogP contribution >= 0.6 is 11.6 Å². The van der Waals surface area contributed by atoms with Gasteiger partial charge in [-0.25, -0.2) is 14.4 Å². The zero-order valence-corrected chi connectivity index (χ0v) is 17.9. The lowest BCUT2D eigenvalue weighted by Gasteiger charge is -2.23. The van der Waals surface area contributed by atoms with Gasteiger partial charge in [0.25, 0.3) is 0 Å². The number of alkyl halides is 1. The summed E-state index contributed by atoms with van der Waals surface area (Å²) < 4.78 is 23.4. The summed E-state index contributed by atoms with van der Waals surface area (Å²) in [6.07, 6.45) is 1.34. The largest absolute Gasteiger partial charge is 0.497 e. The molecule has 0 spiro atoms. The van der Waals surface area contributed by atoms with E-state index in [1.165, 1.54) is 0 Å². The molecule has 3 rings (SSSR count). The van der Waals surface area contributed by atoms with Crippen molar-refractivity contribution in [1.29, 1.82) is 0 Å². The number of aryl methyl sites for hydroxylation is 2. The predicted octanol–water partition coefficient (Wildman–Crippen LogP) is 3.67. The minimum absolute atomic E-state index is 0.0151. The Balaban J connectivity index is 1.92. The Bertz CT molecular complexity index is 837. The van der Waals surface area contributed by atoms with Crippen LogP contribution in [0.4, 0.5) is 10.2 Å². The molecule has 2 N–H and O–H groups in total. The van der Waals surface area contributed by atoms with E-state index in [1.807, 2.05) is 26.0 Å². The Morgan fingerprint density at radius 1 is 1.21 bits per heavy atom. The summed E-state index contributed by atoms with van der Waals surface area (Å²) >= 11 is 6.49. The highest BCUT2D eigenvalue weighted by molar-refractivity contribution is 6.33. The number of nitrogens with one attached hydrogen (secondary N) is 2. The maximum atomic E-state index is 12.5. The molecule has 1 fully saturated rings. The van der Waals surface area contributed by atoms with Crippen LogP contribution in [0.2, 0.25) is 5.02 Å². The van der Waals surface area contributed by atoms with Crippen molar-refractivity contribution in [3.8, 4) is 17.0 Å². The molecule has 1 aromatic carbocycles. The van der Waals surface area contributed by atoms with Crippen molar-refractivity contribution in [3.05, 3.63) is 34.6 Å². The molecule has 6 nitrogen and oxygen atoms in total. The molecular weight excluding hydrogens is 395 g/mol. The molecule has 158 valence electrons. The molecule has 8 heteroatoms. The zero-order chi connectivity index (χ0) is 20.8. The highest BCUT2D eigenvalue weighted by Gasteiger charge is 2.29. The van der Waals surface area contributed by atoms with Gasteiger partial charge < -0.3 is 20.1 Å². The first kappa shape index (κ1) is 21.7. The fourth-order valence-corrected chi connectivity index (χ4v) is 3.75. The van der Waals surface area contributed by atoms with Crippen LogP contribution in [-0.4, -0.2) is 55.6 Å². The van der Waals surface area contributed by atoms with Crippen LogP contribution in [0.25, 0.3) is 11.3 Å². The van der Waals surface area contributed by atoms with Gasteiger partial charge in [0.15, 0.2) is 0 Å². The third-order valence-electron chi connectivity index (χ3n) is 5.03. The smallest absolute Gasteiger partial charge is 0.148 e. The minimum atomic E-state index is -0.486. The molecule has 1 aromatic heterocycles. The first-order valence-electron chi connectivity index (χ1n) is 9.99. The van der Waals surface area contributed by atoms with Crippen molar-refractivity contribution >= 4 is 17.4 Å². The number of methoxy groups -OCH3 is 1. The van der Waals surface area contributed by atoms with Crippen LogP contribution in [0, 0.1) is 0 Å². The number of hydrogen-bond acceptors (Lipinski definition) is 6. The maximum Gasteiger partial charge on any atom is 0.148 e. The summed E-state index contributed by atoms with van der Waals surface area (Å²) in [6.45, 7) is 5.13. The molecule has 2 heterocycles. The van der Waals surface area contributed by atoms with Gasteiger partial charge in [-0.3, -0.25) is 0 Å². The molecule has 1 aliphatic heterocycles. The van der Waals surface area contributed by atoms with Gasteiger partial charge >= 0.3 is 0 Å². The topological polar surface area (TPSA) is 68.3 Å². The van der Waals surface area contributed by atoms with E-state index in [-0.39, 0.29) is 18.8 Å². The number of anilines is 1. The number of benzene rings is 1. The molecule has 0 bridgehead atoms. The number of aromatic nitrogens is 2. The third-order valence-corrected chi connectivity index (χ3v) is 5.34. The third kappa shape index (κ3) is 4.97. The van der Waals surface area contributed by atoms with Crippen LogP contribution in [0.5, 0.6) is 5.75 Å². The fraction of sp³-hybridized carbons (Fsp3) is 0.524. The van der Waals surface area contributed by atoms with Crippen LogP contribution < -0.4 is 15.4 Å². The first-order valence-corrected chi connectivity index (χ1v) is 10.4. The predicted molar refractivity (Wildman–Crippen MR) is 114 cm³/mol. The Labute approximate surface area is 176 Å². The first-order chi connectivity index (χ1) is 14.1. The molecule has 0 aliphatic carbocycles. The molecule has 0 saturated carbocycles. The monoisotopic (exact) mass is 422 g/mol. The van der Waals surface area contributed by atoms with Crippen molar-refractivity contribution in [2.24, 2.45) is 0 Å². The summed E-state index contributed by atoms with van der Waals surface area (Å²) in [5, 5.41) is 7.33. The zero-order valence-electron chi connectivity index (χ0n) is 17.1. The second kappa shape index (κ2) is 10.2. The lowest BCUT2D eigenvalue weighted by atomic mass is 10.1. The summed E-state index contributed by atoms with van der Waals surface area (Å²) in [4.78, 5) is 9.79. The van der Waals surface area contributed by atoms with Gasteiger partial charge in [-0.1, -0.05) is 25.4 Å². The van der Waals surface area contributed by atoms with E-state index >= 15 is 0 Å². The molecule has 1 aliphatic rings. The average Bonchev–Trinajstić information content (AvgIpc) is 3.18. The van der Waals surface area contributed by atoms with Crippen molar-refractivity contribution < 1.29 is 13.9 Å². The molecule has 29 heavy (non-hydrogen) atoms. The summed E-state index contributed by atoms with van der Waals surface area (Å²) in [5.74, 6) is 1.45. The van der Waals surface area contributed by atoms with Gasteiger partial charge in [-0.15, -0.1) is 0 Å². The van der Waals surface area contributed by atoms with Crippen LogP contribution in [0.3, 0.4) is 0 Å². The second-order valence-electron chi connectivity index (χ2n) is 6.87. The van der Waals surface area contributed by atoms with Gasteiger partial charge in [-0.05, 0) is 31.0 Å². The van der Waals surface area contributed by atoms with Gasteiger partial charge in [0, 0.05) is 18.7 Å². The lowest BCUT2D eigenvalue weighted by molar-refractivity contribution is 0.0515. The quantitative estimate of drug-likeness (QED) is 0.642. The molecule has 0 amide bonds. The average molecular weight is 423 g/mol. The van der Waals surface area contributed by atoms with Crippen LogP contribution in [0.15, 0.2) is 18.2 Å². The number of ether oxygens (including phenoxy) is 2. The van der Waals surface area contributed by atoms with Crippen molar-refractivity contribution in [2.75, 3.05) is 38.8 Å². The van der Waals surface area contributed by atoms with Gasteiger partial charge in [0.05, 0.1) is 48.0 Å². The molecular formula is C21H28ClFN4O2. The van der Waals surface area contributed by atoms with E-state index in [4.69, 9.17) is 31.0 Å². The van der Waals surface area contributed by atoms with E-state index in [2.05, 4.69) is 10.6 Å². The van der Waals surface area contributed by atoms with E-state index in [0.717, 1.165) is 41.4 Å². The Morgan fingerprint density at radius 3 is 2.66 bits per heavy atom. The summed E-state index contributed by atoms with van der Waals surface area (Å²) in [7, 11) is 1.61. The molecule has 2 aromatic rings. The number of rotatable bonds is 9. The van der Waals surface area contributed by atoms with Crippen LogP contribution in [-0.2, 0) is 17.6 Å². The highest BCUT2D eigenvalue weighted by atomic mass is 35.5.